The van der Waals surface area contributed by atoms with E-state index in [9.17, 15) is 18.8 Å². The normalized spacial score (nSPS) is 21.8. The van der Waals surface area contributed by atoms with E-state index < -0.39 is 53.5 Å². The fourth-order valence-electron chi connectivity index (χ4n) is 5.28. The highest BCUT2D eigenvalue weighted by molar-refractivity contribution is 6.00. The molecule has 2 aromatic carbocycles. The number of carbonyl (C=O) groups is 3. The zero-order valence-corrected chi connectivity index (χ0v) is 20.6. The lowest BCUT2D eigenvalue weighted by Crippen LogP contribution is -2.67. The first kappa shape index (κ1) is 25.8. The number of hydrogen-bond acceptors (Lipinski definition) is 4. The predicted molar refractivity (Wildman–Crippen MR) is 131 cm³/mol. The Kier molecular flexibility index (Phi) is 7.40. The largest absolute Gasteiger partial charge is 0.352 e. The van der Waals surface area contributed by atoms with Gasteiger partial charge in [-0.3, -0.25) is 14.4 Å². The van der Waals surface area contributed by atoms with Crippen molar-refractivity contribution in [3.8, 4) is 0 Å². The standard InChI is InChI=1S/C27H32F2N4O3/c1-14(2)31-26(35)24(20-13-19(28)8-9-21(20)29)33-22(10-15(3)30)25(34)32-23(27(33)36)18-11-16-6-4-5-7-17(16)12-18/h4-9,13-15,18,22-24H,10-12,30H2,1-3H3,(H,31,35)(H,32,34)/t15?,22-,23?,24?/m1/s1. The van der Waals surface area contributed by atoms with E-state index >= 15 is 4.39 Å². The van der Waals surface area contributed by atoms with Crippen LogP contribution < -0.4 is 16.4 Å². The molecule has 192 valence electrons. The highest BCUT2D eigenvalue weighted by Crippen LogP contribution is 2.35. The van der Waals surface area contributed by atoms with Gasteiger partial charge in [-0.25, -0.2) is 8.78 Å². The average molecular weight is 499 g/mol. The Hall–Kier alpha value is -3.33. The summed E-state index contributed by atoms with van der Waals surface area (Å²) in [5.41, 5.74) is 7.89. The van der Waals surface area contributed by atoms with Crippen LogP contribution in [0.2, 0.25) is 0 Å². The summed E-state index contributed by atoms with van der Waals surface area (Å²) in [6.07, 6.45) is 1.21. The van der Waals surface area contributed by atoms with Crippen molar-refractivity contribution in [1.82, 2.24) is 15.5 Å². The molecule has 3 unspecified atom stereocenters. The van der Waals surface area contributed by atoms with Gasteiger partial charge in [0.25, 0.3) is 0 Å². The van der Waals surface area contributed by atoms with Crippen LogP contribution in [-0.2, 0) is 27.2 Å². The van der Waals surface area contributed by atoms with Crippen LogP contribution >= 0.6 is 0 Å². The van der Waals surface area contributed by atoms with Crippen molar-refractivity contribution in [2.24, 2.45) is 11.7 Å². The number of carbonyl (C=O) groups excluding carboxylic acids is 3. The van der Waals surface area contributed by atoms with Crippen LogP contribution in [0.3, 0.4) is 0 Å². The van der Waals surface area contributed by atoms with Gasteiger partial charge in [-0.2, -0.15) is 0 Å². The molecule has 1 saturated heterocycles. The molecule has 0 saturated carbocycles. The van der Waals surface area contributed by atoms with Crippen molar-refractivity contribution in [1.29, 1.82) is 0 Å². The molecule has 0 aromatic heterocycles. The molecule has 36 heavy (non-hydrogen) atoms. The average Bonchev–Trinajstić information content (AvgIpc) is 3.23. The second-order valence-corrected chi connectivity index (χ2v) is 10.1. The van der Waals surface area contributed by atoms with Crippen molar-refractivity contribution in [2.45, 2.75) is 70.2 Å². The third-order valence-corrected chi connectivity index (χ3v) is 6.82. The van der Waals surface area contributed by atoms with Gasteiger partial charge in [0, 0.05) is 17.6 Å². The summed E-state index contributed by atoms with van der Waals surface area (Å²) in [5, 5.41) is 5.56. The number of halogens is 2. The third kappa shape index (κ3) is 5.11. The Morgan fingerprint density at radius 3 is 2.33 bits per heavy atom. The molecule has 4 atom stereocenters. The first-order chi connectivity index (χ1) is 17.1. The lowest BCUT2D eigenvalue weighted by Gasteiger charge is -2.45. The Morgan fingerprint density at radius 1 is 1.11 bits per heavy atom. The van der Waals surface area contributed by atoms with Crippen molar-refractivity contribution in [3.05, 3.63) is 70.8 Å². The maximum absolute atomic E-state index is 15.1. The number of hydrogen-bond donors (Lipinski definition) is 3. The van der Waals surface area contributed by atoms with Crippen molar-refractivity contribution in [2.75, 3.05) is 0 Å². The third-order valence-electron chi connectivity index (χ3n) is 6.82. The van der Waals surface area contributed by atoms with Gasteiger partial charge in [-0.1, -0.05) is 24.3 Å². The van der Waals surface area contributed by atoms with Crippen molar-refractivity contribution < 1.29 is 23.2 Å². The van der Waals surface area contributed by atoms with E-state index in [4.69, 9.17) is 5.73 Å². The molecular formula is C27H32F2N4O3. The number of nitrogens with one attached hydrogen (secondary N) is 2. The van der Waals surface area contributed by atoms with Crippen LogP contribution in [0.4, 0.5) is 8.78 Å². The lowest BCUT2D eigenvalue weighted by molar-refractivity contribution is -0.157. The molecule has 1 fully saturated rings. The van der Waals surface area contributed by atoms with E-state index in [-0.39, 0.29) is 23.9 Å². The molecule has 3 amide bonds. The SMILES string of the molecule is CC(N)C[C@@H]1C(=O)NC(C2Cc3ccccc3C2)C(=O)N1C(C(=O)NC(C)C)c1cc(F)ccc1F. The molecule has 9 heteroatoms. The van der Waals surface area contributed by atoms with Gasteiger partial charge in [-0.05, 0) is 75.3 Å². The second-order valence-electron chi connectivity index (χ2n) is 10.1. The smallest absolute Gasteiger partial charge is 0.247 e. The minimum atomic E-state index is -1.54. The van der Waals surface area contributed by atoms with Crippen molar-refractivity contribution in [3.63, 3.8) is 0 Å². The van der Waals surface area contributed by atoms with Gasteiger partial charge in [-0.15, -0.1) is 0 Å². The molecule has 4 N–H and O–H groups in total. The predicted octanol–water partition coefficient (Wildman–Crippen LogP) is 2.38. The van der Waals surface area contributed by atoms with Crippen LogP contribution in [0.1, 0.15) is 49.9 Å². The molecular weight excluding hydrogens is 466 g/mol. The summed E-state index contributed by atoms with van der Waals surface area (Å²) in [4.78, 5) is 42.1. The summed E-state index contributed by atoms with van der Waals surface area (Å²) < 4.78 is 29.3. The highest BCUT2D eigenvalue weighted by Gasteiger charge is 2.50. The monoisotopic (exact) mass is 498 g/mol. The fraction of sp³-hybridized carbons (Fsp3) is 0.444. The molecule has 0 spiro atoms. The van der Waals surface area contributed by atoms with Crippen molar-refractivity contribution >= 4 is 17.7 Å². The number of nitrogens with zero attached hydrogens (tertiary/aromatic N) is 1. The summed E-state index contributed by atoms with van der Waals surface area (Å²) in [5.74, 6) is -3.50. The quantitative estimate of drug-likeness (QED) is 0.545. The second kappa shape index (κ2) is 10.3. The minimum Gasteiger partial charge on any atom is -0.352 e. The topological polar surface area (TPSA) is 105 Å². The van der Waals surface area contributed by atoms with Gasteiger partial charge in [0.15, 0.2) is 0 Å². The summed E-state index contributed by atoms with van der Waals surface area (Å²) >= 11 is 0. The highest BCUT2D eigenvalue weighted by atomic mass is 19.1. The molecule has 1 heterocycles. The van der Waals surface area contributed by atoms with Gasteiger partial charge in [0.05, 0.1) is 0 Å². The molecule has 4 rings (SSSR count). The number of fused-ring (bicyclic) bond motifs is 1. The Labute approximate surface area is 209 Å². The zero-order chi connectivity index (χ0) is 26.1. The molecule has 1 aliphatic carbocycles. The van der Waals surface area contributed by atoms with Gasteiger partial charge < -0.3 is 21.3 Å². The molecule has 7 nitrogen and oxygen atoms in total. The maximum atomic E-state index is 15.1. The van der Waals surface area contributed by atoms with Crippen LogP contribution in [0.5, 0.6) is 0 Å². The van der Waals surface area contributed by atoms with E-state index in [1.807, 2.05) is 24.3 Å². The lowest BCUT2D eigenvalue weighted by atomic mass is 9.88. The first-order valence-electron chi connectivity index (χ1n) is 12.3. The Balaban J connectivity index is 1.79. The van der Waals surface area contributed by atoms with E-state index in [0.717, 1.165) is 34.2 Å². The van der Waals surface area contributed by atoms with Crippen LogP contribution in [0, 0.1) is 17.6 Å². The van der Waals surface area contributed by atoms with E-state index in [0.29, 0.717) is 12.8 Å². The summed E-state index contributed by atoms with van der Waals surface area (Å²) in [7, 11) is 0. The summed E-state index contributed by atoms with van der Waals surface area (Å²) in [6.45, 7) is 5.13. The number of benzene rings is 2. The summed E-state index contributed by atoms with van der Waals surface area (Å²) in [6, 6.07) is 6.18. The zero-order valence-electron chi connectivity index (χ0n) is 20.6. The van der Waals surface area contributed by atoms with Crippen LogP contribution in [-0.4, -0.2) is 46.8 Å². The fourth-order valence-corrected chi connectivity index (χ4v) is 5.28. The molecule has 0 bridgehead atoms. The number of rotatable bonds is 7. The first-order valence-corrected chi connectivity index (χ1v) is 12.3. The molecule has 0 radical (unpaired) electrons. The number of amides is 3. The van der Waals surface area contributed by atoms with Crippen LogP contribution in [0.25, 0.3) is 0 Å². The van der Waals surface area contributed by atoms with E-state index in [1.165, 1.54) is 0 Å². The van der Waals surface area contributed by atoms with Gasteiger partial charge in [0.2, 0.25) is 17.7 Å². The minimum absolute atomic E-state index is 0.0532. The number of piperazine rings is 1. The Morgan fingerprint density at radius 2 is 1.75 bits per heavy atom. The van der Waals surface area contributed by atoms with Gasteiger partial charge in [0.1, 0.15) is 29.8 Å². The molecule has 2 aromatic rings. The molecule has 1 aliphatic heterocycles. The molecule has 2 aliphatic rings. The maximum Gasteiger partial charge on any atom is 0.247 e. The van der Waals surface area contributed by atoms with Crippen LogP contribution in [0.15, 0.2) is 42.5 Å². The van der Waals surface area contributed by atoms with Gasteiger partial charge >= 0.3 is 0 Å². The number of nitrogens with two attached hydrogens (primary N) is 1. The van der Waals surface area contributed by atoms with E-state index in [1.54, 1.807) is 20.8 Å². The Bertz CT molecular complexity index is 1140. The van der Waals surface area contributed by atoms with E-state index in [2.05, 4.69) is 10.6 Å².